The zero-order valence-electron chi connectivity index (χ0n) is 13.2. The molecule has 7 heteroatoms. The van der Waals surface area contributed by atoms with Gasteiger partial charge in [-0.05, 0) is 44.2 Å². The zero-order valence-corrected chi connectivity index (χ0v) is 14.0. The number of rotatable bonds is 4. The Kier molecular flexibility index (Phi) is 4.28. The number of hydrogen-bond donors (Lipinski definition) is 0. The first-order valence-electron chi connectivity index (χ1n) is 7.33. The van der Waals surface area contributed by atoms with E-state index in [2.05, 4.69) is 0 Å². The van der Waals surface area contributed by atoms with Crippen LogP contribution >= 0.6 is 11.8 Å². The zero-order chi connectivity index (χ0) is 17.4. The van der Waals surface area contributed by atoms with Gasteiger partial charge in [0.2, 0.25) is 5.91 Å². The summed E-state index contributed by atoms with van der Waals surface area (Å²) in [7, 11) is 0. The molecule has 0 bridgehead atoms. The van der Waals surface area contributed by atoms with Crippen molar-refractivity contribution in [1.29, 1.82) is 0 Å². The molecule has 1 aromatic heterocycles. The second-order valence-electron chi connectivity index (χ2n) is 5.55. The second kappa shape index (κ2) is 6.24. The van der Waals surface area contributed by atoms with Crippen molar-refractivity contribution >= 4 is 28.7 Å². The topological polar surface area (TPSA) is 59.4 Å². The molecule has 0 atom stereocenters. The lowest BCUT2D eigenvalue weighted by Crippen LogP contribution is -2.34. The number of hydrogen-bond acceptors (Lipinski definition) is 4. The molecule has 1 aliphatic heterocycles. The summed E-state index contributed by atoms with van der Waals surface area (Å²) >= 11 is 0.906. The van der Waals surface area contributed by atoms with E-state index in [-0.39, 0.29) is 35.0 Å². The molecule has 1 aromatic carbocycles. The molecular formula is C17H15FN2O3S. The normalized spacial score (nSPS) is 14.5. The van der Waals surface area contributed by atoms with Gasteiger partial charge in [0.05, 0.1) is 12.3 Å². The van der Waals surface area contributed by atoms with E-state index in [1.54, 1.807) is 25.1 Å². The first-order chi connectivity index (χ1) is 11.4. The maximum Gasteiger partial charge on any atom is 0.289 e. The van der Waals surface area contributed by atoms with E-state index in [9.17, 15) is 18.8 Å². The lowest BCUT2D eigenvalue weighted by Gasteiger charge is -2.12. The van der Waals surface area contributed by atoms with Gasteiger partial charge in [0.25, 0.3) is 5.24 Å². The molecule has 1 saturated heterocycles. The van der Waals surface area contributed by atoms with E-state index in [1.165, 1.54) is 12.1 Å². The van der Waals surface area contributed by atoms with Crippen LogP contribution in [0.15, 0.2) is 30.3 Å². The van der Waals surface area contributed by atoms with E-state index in [0.29, 0.717) is 11.3 Å². The number of nitrogens with zero attached hydrogens (tertiary/aromatic N) is 2. The van der Waals surface area contributed by atoms with Crippen LogP contribution in [0.1, 0.15) is 21.7 Å². The Bertz CT molecular complexity index is 826. The van der Waals surface area contributed by atoms with Gasteiger partial charge in [-0.2, -0.15) is 0 Å². The molecule has 2 amide bonds. The average molecular weight is 346 g/mol. The van der Waals surface area contributed by atoms with Crippen molar-refractivity contribution in [2.75, 3.05) is 12.3 Å². The smallest absolute Gasteiger partial charge is 0.289 e. The quantitative estimate of drug-likeness (QED) is 0.798. The summed E-state index contributed by atoms with van der Waals surface area (Å²) in [6, 6.07) is 7.70. The summed E-state index contributed by atoms with van der Waals surface area (Å²) in [5, 5.41) is -0.388. The number of thioether (sulfide) groups is 1. The lowest BCUT2D eigenvalue weighted by atomic mass is 10.1. The number of aromatic nitrogens is 1. The summed E-state index contributed by atoms with van der Waals surface area (Å²) in [6.45, 7) is 3.37. The van der Waals surface area contributed by atoms with Crippen molar-refractivity contribution in [3.63, 3.8) is 0 Å². The maximum absolute atomic E-state index is 13.1. The average Bonchev–Trinajstić information content (AvgIpc) is 3.02. The van der Waals surface area contributed by atoms with Crippen LogP contribution in [0.5, 0.6) is 0 Å². The summed E-state index contributed by atoms with van der Waals surface area (Å²) in [5.74, 6) is -0.881. The van der Waals surface area contributed by atoms with Gasteiger partial charge in [0, 0.05) is 22.6 Å². The Balaban J connectivity index is 1.91. The van der Waals surface area contributed by atoms with Gasteiger partial charge < -0.3 is 4.57 Å². The van der Waals surface area contributed by atoms with Crippen LogP contribution in [0.25, 0.3) is 5.69 Å². The highest BCUT2D eigenvalue weighted by atomic mass is 32.2. The Hall–Kier alpha value is -2.41. The van der Waals surface area contributed by atoms with E-state index in [0.717, 1.165) is 28.0 Å². The van der Waals surface area contributed by atoms with Gasteiger partial charge in [-0.15, -0.1) is 0 Å². The molecule has 2 heterocycles. The molecule has 0 radical (unpaired) electrons. The van der Waals surface area contributed by atoms with E-state index < -0.39 is 0 Å². The number of amides is 2. The first-order valence-corrected chi connectivity index (χ1v) is 8.32. The number of carbonyl (C=O) groups excluding carboxylic acids is 3. The summed E-state index contributed by atoms with van der Waals surface area (Å²) < 4.78 is 14.9. The highest BCUT2D eigenvalue weighted by Gasteiger charge is 2.32. The maximum atomic E-state index is 13.1. The van der Waals surface area contributed by atoms with Crippen LogP contribution in [-0.2, 0) is 4.79 Å². The molecule has 124 valence electrons. The van der Waals surface area contributed by atoms with Gasteiger partial charge in [-0.1, -0.05) is 11.8 Å². The predicted molar refractivity (Wildman–Crippen MR) is 89.1 cm³/mol. The fraction of sp³-hybridized carbons (Fsp3) is 0.235. The fourth-order valence-electron chi connectivity index (χ4n) is 2.80. The van der Waals surface area contributed by atoms with Crippen molar-refractivity contribution in [3.8, 4) is 5.69 Å². The van der Waals surface area contributed by atoms with Crippen LogP contribution in [0, 0.1) is 19.7 Å². The SMILES string of the molecule is Cc1cc(C(=O)CN2C(=O)CSC2=O)c(C)n1-c1ccc(F)cc1. The molecule has 1 aliphatic rings. The Morgan fingerprint density at radius 3 is 2.46 bits per heavy atom. The fourth-order valence-corrected chi connectivity index (χ4v) is 3.52. The van der Waals surface area contributed by atoms with Gasteiger partial charge in [0.1, 0.15) is 5.82 Å². The van der Waals surface area contributed by atoms with Crippen molar-refractivity contribution < 1.29 is 18.8 Å². The first kappa shape index (κ1) is 16.4. The molecule has 0 aliphatic carbocycles. The number of imide groups is 1. The highest BCUT2D eigenvalue weighted by Crippen LogP contribution is 2.23. The Labute approximate surface area is 142 Å². The molecule has 2 aromatic rings. The number of benzene rings is 1. The Morgan fingerprint density at radius 2 is 1.88 bits per heavy atom. The summed E-state index contributed by atoms with van der Waals surface area (Å²) in [6.07, 6.45) is 0. The third-order valence-electron chi connectivity index (χ3n) is 3.96. The Morgan fingerprint density at radius 1 is 1.21 bits per heavy atom. The minimum atomic E-state index is -0.388. The molecule has 0 saturated carbocycles. The van der Waals surface area contributed by atoms with Crippen molar-refractivity contribution in [2.24, 2.45) is 0 Å². The van der Waals surface area contributed by atoms with E-state index in [4.69, 9.17) is 0 Å². The molecule has 0 N–H and O–H groups in total. The van der Waals surface area contributed by atoms with Crippen LogP contribution < -0.4 is 0 Å². The number of ketones is 1. The minimum absolute atomic E-state index is 0.0840. The summed E-state index contributed by atoms with van der Waals surface area (Å²) in [4.78, 5) is 36.8. The van der Waals surface area contributed by atoms with Gasteiger partial charge >= 0.3 is 0 Å². The predicted octanol–water partition coefficient (Wildman–Crippen LogP) is 3.11. The third-order valence-corrected chi connectivity index (χ3v) is 4.82. The lowest BCUT2D eigenvalue weighted by molar-refractivity contribution is -0.124. The molecule has 5 nitrogen and oxygen atoms in total. The standard InChI is InChI=1S/C17H15FN2O3S/c1-10-7-14(15(21)8-19-16(22)9-24-17(19)23)11(2)20(10)13-5-3-12(18)4-6-13/h3-7H,8-9H2,1-2H3. The molecular weight excluding hydrogens is 331 g/mol. The molecule has 24 heavy (non-hydrogen) atoms. The second-order valence-corrected chi connectivity index (χ2v) is 6.48. The van der Waals surface area contributed by atoms with Crippen molar-refractivity contribution in [3.05, 3.63) is 53.1 Å². The molecule has 0 unspecified atom stereocenters. The summed E-state index contributed by atoms with van der Waals surface area (Å²) in [5.41, 5.74) is 2.70. The van der Waals surface area contributed by atoms with Crippen LogP contribution in [0.4, 0.5) is 9.18 Å². The van der Waals surface area contributed by atoms with E-state index in [1.807, 2.05) is 11.5 Å². The molecule has 1 fully saturated rings. The van der Waals surface area contributed by atoms with Gasteiger partial charge in [-0.3, -0.25) is 19.3 Å². The van der Waals surface area contributed by atoms with E-state index >= 15 is 0 Å². The number of carbonyl (C=O) groups is 3. The number of aryl methyl sites for hydroxylation is 1. The highest BCUT2D eigenvalue weighted by molar-refractivity contribution is 8.14. The van der Waals surface area contributed by atoms with Crippen LogP contribution in [0.3, 0.4) is 0 Å². The molecule has 0 spiro atoms. The monoisotopic (exact) mass is 346 g/mol. The third kappa shape index (κ3) is 2.87. The molecule has 3 rings (SSSR count). The van der Waals surface area contributed by atoms with Crippen molar-refractivity contribution in [1.82, 2.24) is 9.47 Å². The van der Waals surface area contributed by atoms with Crippen molar-refractivity contribution in [2.45, 2.75) is 13.8 Å². The van der Waals surface area contributed by atoms with Crippen LogP contribution in [-0.4, -0.2) is 38.7 Å². The number of halogens is 1. The van der Waals surface area contributed by atoms with Crippen LogP contribution in [0.2, 0.25) is 0 Å². The van der Waals surface area contributed by atoms with Gasteiger partial charge in [0.15, 0.2) is 5.78 Å². The van der Waals surface area contributed by atoms with Gasteiger partial charge in [-0.25, -0.2) is 4.39 Å². The number of Topliss-reactive ketones (excluding diaryl/α,β-unsaturated/α-hetero) is 1. The largest absolute Gasteiger partial charge is 0.318 e. The minimum Gasteiger partial charge on any atom is -0.318 e.